The van der Waals surface area contributed by atoms with Crippen LogP contribution in [0.1, 0.15) is 67.2 Å². The van der Waals surface area contributed by atoms with Gasteiger partial charge in [-0.3, -0.25) is 0 Å². The van der Waals surface area contributed by atoms with Gasteiger partial charge in [-0.15, -0.1) is 0 Å². The van der Waals surface area contributed by atoms with E-state index in [2.05, 4.69) is 47.7 Å². The molecule has 1 spiro atoms. The number of esters is 1. The molecule has 0 aromatic carbocycles. The van der Waals surface area contributed by atoms with Crippen molar-refractivity contribution in [1.29, 1.82) is 0 Å². The summed E-state index contributed by atoms with van der Waals surface area (Å²) in [6.45, 7) is 18.5. The lowest BCUT2D eigenvalue weighted by atomic mass is 9.72. The third kappa shape index (κ3) is 6.96. The van der Waals surface area contributed by atoms with E-state index in [4.69, 9.17) is 23.4 Å². The molecule has 1 aliphatic carbocycles. The molecule has 1 saturated heterocycles. The summed E-state index contributed by atoms with van der Waals surface area (Å²) in [5, 5.41) is 12.5. The van der Waals surface area contributed by atoms with Gasteiger partial charge in [0.2, 0.25) is 0 Å². The molecule has 2 fully saturated rings. The van der Waals surface area contributed by atoms with Crippen LogP contribution in [0.2, 0.25) is 18.1 Å². The van der Waals surface area contributed by atoms with Crippen LogP contribution in [-0.2, 0) is 28.2 Å². The molecule has 2 rings (SSSR count). The highest BCUT2D eigenvalue weighted by Crippen LogP contribution is 2.48. The molecule has 3 unspecified atom stereocenters. The SMILES string of the molecule is CCC(OC)C1[C@H](C)CCC2(C[C@@]1(O)/C=C(\C(=O)OC)C(C)CO[Si](C)(C)C(C)(C)C)OCCO2. The summed E-state index contributed by atoms with van der Waals surface area (Å²) in [5.74, 6) is -1.68. The van der Waals surface area contributed by atoms with Crippen LogP contribution in [0.3, 0.4) is 0 Å². The van der Waals surface area contributed by atoms with Crippen molar-refractivity contribution in [2.24, 2.45) is 17.8 Å². The van der Waals surface area contributed by atoms with Crippen LogP contribution < -0.4 is 0 Å². The number of carbonyl (C=O) groups is 1. The number of aliphatic hydroxyl groups is 1. The molecule has 5 atom stereocenters. The van der Waals surface area contributed by atoms with Gasteiger partial charge in [-0.25, -0.2) is 4.79 Å². The van der Waals surface area contributed by atoms with Crippen LogP contribution in [0.15, 0.2) is 11.6 Å². The third-order valence-electron chi connectivity index (χ3n) is 8.50. The molecule has 0 aromatic rings. The summed E-state index contributed by atoms with van der Waals surface area (Å²) in [5.41, 5.74) is -0.960. The number of carbonyl (C=O) groups excluding carboxylic acids is 1. The Labute approximate surface area is 214 Å². The Bertz CT molecular complexity index is 734. The first-order chi connectivity index (χ1) is 16.1. The Hall–Kier alpha value is -0.773. The Balaban J connectivity index is 2.53. The van der Waals surface area contributed by atoms with Crippen molar-refractivity contribution in [3.63, 3.8) is 0 Å². The van der Waals surface area contributed by atoms with Crippen molar-refractivity contribution >= 4 is 14.3 Å². The van der Waals surface area contributed by atoms with E-state index in [9.17, 15) is 9.90 Å². The van der Waals surface area contributed by atoms with Crippen molar-refractivity contribution in [2.45, 2.75) is 103 Å². The van der Waals surface area contributed by atoms with Gasteiger partial charge in [-0.2, -0.15) is 0 Å². The van der Waals surface area contributed by atoms with Crippen molar-refractivity contribution in [3.8, 4) is 0 Å². The first-order valence-electron chi connectivity index (χ1n) is 13.1. The number of methoxy groups -OCH3 is 2. The molecular weight excluding hydrogens is 464 g/mol. The zero-order valence-corrected chi connectivity index (χ0v) is 24.7. The quantitative estimate of drug-likeness (QED) is 0.261. The van der Waals surface area contributed by atoms with E-state index in [1.165, 1.54) is 7.11 Å². The lowest BCUT2D eigenvalue weighted by Gasteiger charge is -2.42. The molecule has 8 heteroatoms. The molecule has 1 saturated carbocycles. The van der Waals surface area contributed by atoms with Gasteiger partial charge >= 0.3 is 5.97 Å². The summed E-state index contributed by atoms with van der Waals surface area (Å²) < 4.78 is 29.6. The van der Waals surface area contributed by atoms with E-state index in [0.717, 1.165) is 12.8 Å². The second-order valence-electron chi connectivity index (χ2n) is 12.1. The first-order valence-corrected chi connectivity index (χ1v) is 16.0. The van der Waals surface area contributed by atoms with E-state index in [1.807, 2.05) is 6.92 Å². The maximum Gasteiger partial charge on any atom is 0.333 e. The Kier molecular flexibility index (Phi) is 10.2. The summed E-state index contributed by atoms with van der Waals surface area (Å²) >= 11 is 0. The lowest BCUT2D eigenvalue weighted by Crippen LogP contribution is -2.50. The molecule has 1 aliphatic heterocycles. The number of ether oxygens (including phenoxy) is 4. The molecule has 35 heavy (non-hydrogen) atoms. The second-order valence-corrected chi connectivity index (χ2v) is 16.9. The van der Waals surface area contributed by atoms with Gasteiger partial charge in [0.1, 0.15) is 0 Å². The van der Waals surface area contributed by atoms with E-state index in [0.29, 0.717) is 31.8 Å². The molecule has 0 aromatic heterocycles. The minimum absolute atomic E-state index is 0.0538. The number of hydrogen-bond donors (Lipinski definition) is 1. The summed E-state index contributed by atoms with van der Waals surface area (Å²) in [7, 11) is 1.04. The third-order valence-corrected chi connectivity index (χ3v) is 13.0. The minimum atomic E-state index is -2.02. The maximum absolute atomic E-state index is 13.0. The summed E-state index contributed by atoms with van der Waals surface area (Å²) in [4.78, 5) is 13.0. The predicted octanol–water partition coefficient (Wildman–Crippen LogP) is 5.08. The molecule has 7 nitrogen and oxygen atoms in total. The first kappa shape index (κ1) is 30.5. The van der Waals surface area contributed by atoms with Crippen molar-refractivity contribution in [1.82, 2.24) is 0 Å². The second kappa shape index (κ2) is 11.7. The zero-order chi connectivity index (χ0) is 26.7. The van der Waals surface area contributed by atoms with Crippen molar-refractivity contribution < 1.29 is 33.3 Å². The summed E-state index contributed by atoms with van der Waals surface area (Å²) in [6, 6.07) is 0. The molecule has 2 aliphatic rings. The zero-order valence-electron chi connectivity index (χ0n) is 23.7. The van der Waals surface area contributed by atoms with Gasteiger partial charge in [0.05, 0.1) is 32.0 Å². The van der Waals surface area contributed by atoms with Crippen LogP contribution in [-0.4, -0.2) is 70.9 Å². The topological polar surface area (TPSA) is 83.5 Å². The van der Waals surface area contributed by atoms with Crippen LogP contribution in [0, 0.1) is 17.8 Å². The Morgan fingerprint density at radius 3 is 2.31 bits per heavy atom. The molecular formula is C27H50O7Si. The van der Waals surface area contributed by atoms with Gasteiger partial charge < -0.3 is 28.5 Å². The number of rotatable bonds is 9. The van der Waals surface area contributed by atoms with Crippen LogP contribution in [0.4, 0.5) is 0 Å². The normalized spacial score (nSPS) is 29.6. The van der Waals surface area contributed by atoms with Gasteiger partial charge in [0.25, 0.3) is 0 Å². The highest BCUT2D eigenvalue weighted by Gasteiger charge is 2.54. The molecule has 0 radical (unpaired) electrons. The average molecular weight is 515 g/mol. The molecule has 204 valence electrons. The molecule has 0 amide bonds. The molecule has 0 bridgehead atoms. The fraction of sp³-hybridized carbons (Fsp3) is 0.889. The monoisotopic (exact) mass is 514 g/mol. The summed E-state index contributed by atoms with van der Waals surface area (Å²) in [6.07, 6.45) is 4.05. The van der Waals surface area contributed by atoms with Crippen molar-refractivity contribution in [3.05, 3.63) is 11.6 Å². The van der Waals surface area contributed by atoms with Crippen LogP contribution in [0.25, 0.3) is 0 Å². The van der Waals surface area contributed by atoms with E-state index in [1.54, 1.807) is 13.2 Å². The Morgan fingerprint density at radius 2 is 1.83 bits per heavy atom. The minimum Gasteiger partial charge on any atom is -0.466 e. The predicted molar refractivity (Wildman–Crippen MR) is 140 cm³/mol. The Morgan fingerprint density at radius 1 is 1.23 bits per heavy atom. The lowest BCUT2D eigenvalue weighted by molar-refractivity contribution is -0.195. The largest absolute Gasteiger partial charge is 0.466 e. The standard InChI is InChI=1S/C27H50O7Si/c1-11-22(30-7)23-19(2)12-13-27(32-14-15-33-27)18-26(23,29)16-21(24(28)31-8)20(3)17-34-35(9,10)25(4,5)6/h16,19-20,22-23,29H,11-15,17-18H2,1-10H3/b21-16-/t19-,20?,22?,23?,26+/m1/s1. The molecule has 1 heterocycles. The fourth-order valence-electron chi connectivity index (χ4n) is 5.33. The highest BCUT2D eigenvalue weighted by atomic mass is 28.4. The van der Waals surface area contributed by atoms with Gasteiger partial charge in [0, 0.05) is 44.0 Å². The highest BCUT2D eigenvalue weighted by molar-refractivity contribution is 6.74. The van der Waals surface area contributed by atoms with Gasteiger partial charge in [-0.1, -0.05) is 41.5 Å². The van der Waals surface area contributed by atoms with E-state index >= 15 is 0 Å². The van der Waals surface area contributed by atoms with Crippen LogP contribution in [0.5, 0.6) is 0 Å². The average Bonchev–Trinajstić information content (AvgIpc) is 3.20. The number of hydrogen-bond acceptors (Lipinski definition) is 7. The van der Waals surface area contributed by atoms with Crippen LogP contribution >= 0.6 is 0 Å². The van der Waals surface area contributed by atoms with Gasteiger partial charge in [-0.05, 0) is 43.0 Å². The maximum atomic E-state index is 13.0. The fourth-order valence-corrected chi connectivity index (χ4v) is 6.43. The smallest absolute Gasteiger partial charge is 0.333 e. The molecule has 1 N–H and O–H groups in total. The van der Waals surface area contributed by atoms with Crippen molar-refractivity contribution in [2.75, 3.05) is 34.0 Å². The van der Waals surface area contributed by atoms with E-state index < -0.39 is 25.7 Å². The van der Waals surface area contributed by atoms with Gasteiger partial charge in [0.15, 0.2) is 14.1 Å². The van der Waals surface area contributed by atoms with E-state index in [-0.39, 0.29) is 35.3 Å².